The molecule has 3 saturated carbocycles. The van der Waals surface area contributed by atoms with E-state index in [2.05, 4.69) is 6.92 Å². The lowest BCUT2D eigenvalue weighted by atomic mass is 9.45. The van der Waals surface area contributed by atoms with Gasteiger partial charge in [-0.25, -0.2) is 0 Å². The van der Waals surface area contributed by atoms with Crippen molar-refractivity contribution in [3.63, 3.8) is 0 Å². The van der Waals surface area contributed by atoms with Crippen molar-refractivity contribution in [2.24, 2.45) is 28.6 Å². The minimum Gasteiger partial charge on any atom is -0.481 e. The highest BCUT2D eigenvalue weighted by Crippen LogP contribution is 2.65. The summed E-state index contributed by atoms with van der Waals surface area (Å²) in [5, 5.41) is 52.6. The second-order valence-corrected chi connectivity index (χ2v) is 10.2. The molecule has 0 heterocycles. The van der Waals surface area contributed by atoms with Crippen molar-refractivity contribution in [2.45, 2.75) is 82.7 Å². The van der Waals surface area contributed by atoms with E-state index in [-0.39, 0.29) is 41.4 Å². The van der Waals surface area contributed by atoms with Crippen LogP contribution in [-0.4, -0.2) is 55.4 Å². The number of aliphatic hydroxyl groups is 4. The van der Waals surface area contributed by atoms with Crippen LogP contribution in [0.4, 0.5) is 0 Å². The molecule has 0 amide bonds. The lowest BCUT2D eigenvalue weighted by Gasteiger charge is -2.61. The Balaban J connectivity index is 1.71. The van der Waals surface area contributed by atoms with Gasteiger partial charge in [0.1, 0.15) is 0 Å². The zero-order valence-corrected chi connectivity index (χ0v) is 16.1. The topological polar surface area (TPSA) is 118 Å². The predicted molar refractivity (Wildman–Crippen MR) is 97.7 cm³/mol. The minimum atomic E-state index is -1.29. The van der Waals surface area contributed by atoms with E-state index in [4.69, 9.17) is 5.11 Å². The van der Waals surface area contributed by atoms with E-state index >= 15 is 0 Å². The molecule has 27 heavy (non-hydrogen) atoms. The molecule has 9 atom stereocenters. The van der Waals surface area contributed by atoms with Crippen molar-refractivity contribution in [3.05, 3.63) is 11.6 Å². The highest BCUT2D eigenvalue weighted by molar-refractivity contribution is 5.68. The molecule has 0 aromatic heterocycles. The van der Waals surface area contributed by atoms with Gasteiger partial charge >= 0.3 is 5.97 Å². The maximum Gasteiger partial charge on any atom is 0.306 e. The van der Waals surface area contributed by atoms with Gasteiger partial charge in [-0.2, -0.15) is 0 Å². The minimum absolute atomic E-state index is 0.115. The van der Waals surface area contributed by atoms with Gasteiger partial charge in [0.25, 0.3) is 0 Å². The first-order valence-corrected chi connectivity index (χ1v) is 10.2. The maximum atomic E-state index is 11.2. The van der Waals surface area contributed by atoms with Crippen molar-refractivity contribution in [2.75, 3.05) is 0 Å². The van der Waals surface area contributed by atoms with E-state index in [0.29, 0.717) is 25.7 Å². The van der Waals surface area contributed by atoms with Crippen LogP contribution in [-0.2, 0) is 4.79 Å². The largest absolute Gasteiger partial charge is 0.481 e. The smallest absolute Gasteiger partial charge is 0.306 e. The van der Waals surface area contributed by atoms with E-state index in [1.807, 2.05) is 13.0 Å². The molecule has 6 heteroatoms. The fourth-order valence-corrected chi connectivity index (χ4v) is 7.23. The van der Waals surface area contributed by atoms with Gasteiger partial charge in [0.05, 0.1) is 30.3 Å². The molecule has 4 unspecified atom stereocenters. The van der Waals surface area contributed by atoms with Gasteiger partial charge in [-0.3, -0.25) is 4.79 Å². The van der Waals surface area contributed by atoms with Gasteiger partial charge in [-0.05, 0) is 67.1 Å². The summed E-state index contributed by atoms with van der Waals surface area (Å²) in [5.41, 5.74) is -1.14. The molecule has 0 aliphatic heterocycles. The highest BCUT2D eigenvalue weighted by atomic mass is 16.4. The van der Waals surface area contributed by atoms with Crippen LogP contribution in [0.5, 0.6) is 0 Å². The lowest BCUT2D eigenvalue weighted by molar-refractivity contribution is -0.167. The van der Waals surface area contributed by atoms with Crippen LogP contribution >= 0.6 is 0 Å². The third-order valence-electron chi connectivity index (χ3n) is 8.65. The van der Waals surface area contributed by atoms with E-state index < -0.39 is 29.9 Å². The second-order valence-electron chi connectivity index (χ2n) is 10.2. The Hall–Kier alpha value is -0.950. The normalized spacial score (nSPS) is 54.5. The molecule has 4 rings (SSSR count). The number of carbonyl (C=O) groups is 1. The molecule has 0 saturated heterocycles. The Kier molecular flexibility index (Phi) is 4.32. The summed E-state index contributed by atoms with van der Waals surface area (Å²) >= 11 is 0. The fraction of sp³-hybridized carbons (Fsp3) is 0.857. The summed E-state index contributed by atoms with van der Waals surface area (Å²) in [4.78, 5) is 11.2. The van der Waals surface area contributed by atoms with Crippen LogP contribution in [0.3, 0.4) is 0 Å². The average molecular weight is 380 g/mol. The summed E-state index contributed by atoms with van der Waals surface area (Å²) in [6.07, 6.45) is 2.98. The quantitative estimate of drug-likeness (QED) is 0.463. The number of rotatable bonds is 2. The Morgan fingerprint density at radius 3 is 2.56 bits per heavy atom. The van der Waals surface area contributed by atoms with Gasteiger partial charge in [0, 0.05) is 0 Å². The number of aliphatic hydroxyl groups excluding tert-OH is 3. The number of carboxylic acid groups (broad SMARTS) is 1. The fourth-order valence-electron chi connectivity index (χ4n) is 7.23. The maximum absolute atomic E-state index is 11.2. The van der Waals surface area contributed by atoms with Crippen molar-refractivity contribution < 1.29 is 30.3 Å². The molecule has 5 N–H and O–H groups in total. The van der Waals surface area contributed by atoms with Crippen LogP contribution in [0, 0.1) is 28.6 Å². The number of hydrogen-bond acceptors (Lipinski definition) is 5. The van der Waals surface area contributed by atoms with Crippen LogP contribution in [0.25, 0.3) is 0 Å². The van der Waals surface area contributed by atoms with Gasteiger partial charge in [0.2, 0.25) is 0 Å². The first-order chi connectivity index (χ1) is 12.5. The molecule has 4 aliphatic rings. The molecular formula is C21H32O6. The third-order valence-corrected chi connectivity index (χ3v) is 8.65. The molecule has 0 bridgehead atoms. The Labute approximate surface area is 159 Å². The molecule has 6 nitrogen and oxygen atoms in total. The summed E-state index contributed by atoms with van der Waals surface area (Å²) < 4.78 is 0. The van der Waals surface area contributed by atoms with E-state index in [0.717, 1.165) is 12.0 Å². The van der Waals surface area contributed by atoms with Gasteiger partial charge in [-0.15, -0.1) is 0 Å². The first kappa shape index (κ1) is 19.4. The monoisotopic (exact) mass is 380 g/mol. The first-order valence-electron chi connectivity index (χ1n) is 10.2. The lowest BCUT2D eigenvalue weighted by Crippen LogP contribution is -2.61. The van der Waals surface area contributed by atoms with Crippen LogP contribution in [0.1, 0.15) is 58.8 Å². The molecule has 152 valence electrons. The highest BCUT2D eigenvalue weighted by Gasteiger charge is 2.64. The van der Waals surface area contributed by atoms with Gasteiger partial charge < -0.3 is 25.5 Å². The SMILES string of the molecule is C[C@]12CCC(O)(CC(=O)O)CC1=CC(O)[C@@H]1[C@H]2C(O)C[C@]2(C)C(O)CC[C@@H]12. The van der Waals surface area contributed by atoms with Crippen LogP contribution < -0.4 is 0 Å². The molecule has 3 fully saturated rings. The zero-order valence-electron chi connectivity index (χ0n) is 16.1. The number of hydrogen-bond donors (Lipinski definition) is 5. The molecule has 0 aromatic carbocycles. The van der Waals surface area contributed by atoms with Crippen LogP contribution in [0.2, 0.25) is 0 Å². The number of fused-ring (bicyclic) bond motifs is 5. The molecule has 4 aliphatic carbocycles. The Morgan fingerprint density at radius 1 is 1.19 bits per heavy atom. The summed E-state index contributed by atoms with van der Waals surface area (Å²) in [5.74, 6) is -1.12. The second kappa shape index (κ2) is 6.02. The summed E-state index contributed by atoms with van der Waals surface area (Å²) in [7, 11) is 0. The van der Waals surface area contributed by atoms with Crippen molar-refractivity contribution >= 4 is 5.97 Å². The van der Waals surface area contributed by atoms with Crippen molar-refractivity contribution in [1.29, 1.82) is 0 Å². The molecule has 0 radical (unpaired) electrons. The number of aliphatic carboxylic acids is 1. The summed E-state index contributed by atoms with van der Waals surface area (Å²) in [6.45, 7) is 4.13. The van der Waals surface area contributed by atoms with Crippen molar-refractivity contribution in [3.8, 4) is 0 Å². The molecular weight excluding hydrogens is 348 g/mol. The zero-order chi connectivity index (χ0) is 19.8. The predicted octanol–water partition coefficient (Wildman–Crippen LogP) is 1.46. The number of carboxylic acids is 1. The van der Waals surface area contributed by atoms with E-state index in [9.17, 15) is 25.2 Å². The molecule has 0 aromatic rings. The Morgan fingerprint density at radius 2 is 1.89 bits per heavy atom. The Bertz CT molecular complexity index is 676. The van der Waals surface area contributed by atoms with Crippen LogP contribution in [0.15, 0.2) is 11.6 Å². The summed E-state index contributed by atoms with van der Waals surface area (Å²) in [6, 6.07) is 0. The van der Waals surface area contributed by atoms with Crippen molar-refractivity contribution in [1.82, 2.24) is 0 Å². The average Bonchev–Trinajstić information content (AvgIpc) is 2.83. The van der Waals surface area contributed by atoms with Gasteiger partial charge in [0.15, 0.2) is 0 Å². The standard InChI is InChI=1S/C21H32O6/c1-19-5-6-21(27,10-16(25)26)8-11(19)7-13(22)17-12-3-4-15(24)20(12,2)9-14(23)18(17)19/h7,12-15,17-18,22-24,27H,3-6,8-10H2,1-2H3,(H,25,26)/t12-,13?,14?,15?,17+,18+,19-,20-,21?/m0/s1. The third kappa shape index (κ3) is 2.71. The van der Waals surface area contributed by atoms with E-state index in [1.165, 1.54) is 0 Å². The molecule has 0 spiro atoms. The van der Waals surface area contributed by atoms with Gasteiger partial charge in [-0.1, -0.05) is 25.5 Å². The van der Waals surface area contributed by atoms with E-state index in [1.54, 1.807) is 0 Å².